The van der Waals surface area contributed by atoms with Gasteiger partial charge in [-0.25, -0.2) is 0 Å². The average Bonchev–Trinajstić information content (AvgIpc) is 2.29. The molecule has 0 unspecified atom stereocenters. The van der Waals surface area contributed by atoms with Crippen LogP contribution in [0.3, 0.4) is 0 Å². The monoisotopic (exact) mass is 331 g/mol. The van der Waals surface area contributed by atoms with E-state index in [-0.39, 0.29) is 11.7 Å². The van der Waals surface area contributed by atoms with Crippen LogP contribution in [0, 0.1) is 0 Å². The molecule has 0 bridgehead atoms. The summed E-state index contributed by atoms with van der Waals surface area (Å²) < 4.78 is -0.175. The van der Waals surface area contributed by atoms with E-state index in [0.717, 1.165) is 16.2 Å². The van der Waals surface area contributed by atoms with Gasteiger partial charge in [-0.3, -0.25) is 9.59 Å². The molecular formula is C12H14BrNO3S. The summed E-state index contributed by atoms with van der Waals surface area (Å²) in [6, 6.07) is 7.26. The number of anilines is 1. The Kier molecular flexibility index (Phi) is 5.22. The van der Waals surface area contributed by atoms with Gasteiger partial charge >= 0.3 is 5.97 Å². The van der Waals surface area contributed by atoms with Crippen LogP contribution in [0.1, 0.15) is 13.8 Å². The Labute approximate surface area is 118 Å². The van der Waals surface area contributed by atoms with Gasteiger partial charge in [-0.05, 0) is 41.9 Å². The van der Waals surface area contributed by atoms with Crippen LogP contribution >= 0.6 is 27.7 Å². The maximum absolute atomic E-state index is 11.7. The number of carbonyl (C=O) groups is 2. The van der Waals surface area contributed by atoms with E-state index in [0.29, 0.717) is 5.69 Å². The van der Waals surface area contributed by atoms with E-state index in [4.69, 9.17) is 5.11 Å². The predicted octanol–water partition coefficient (Wildman–Crippen LogP) is 2.98. The zero-order valence-electron chi connectivity index (χ0n) is 10.1. The standard InChI is InChI=1S/C12H14BrNO3S/c1-12(2,11(16)17)18-7-10(15)14-9-6-4-3-5-8(9)13/h3-6H,7H2,1-2H3,(H,14,15)(H,16,17). The number of benzene rings is 1. The van der Waals surface area contributed by atoms with Crippen molar-refractivity contribution in [1.82, 2.24) is 0 Å². The maximum Gasteiger partial charge on any atom is 0.319 e. The first-order valence-corrected chi connectivity index (χ1v) is 7.02. The molecule has 1 aromatic carbocycles. The second kappa shape index (κ2) is 6.24. The van der Waals surface area contributed by atoms with Gasteiger partial charge in [0.25, 0.3) is 0 Å². The largest absolute Gasteiger partial charge is 0.480 e. The highest BCUT2D eigenvalue weighted by Gasteiger charge is 2.28. The van der Waals surface area contributed by atoms with E-state index in [9.17, 15) is 9.59 Å². The molecule has 0 aromatic heterocycles. The smallest absolute Gasteiger partial charge is 0.319 e. The lowest BCUT2D eigenvalue weighted by Crippen LogP contribution is -2.29. The summed E-state index contributed by atoms with van der Waals surface area (Å²) in [5.41, 5.74) is 0.677. The summed E-state index contributed by atoms with van der Waals surface area (Å²) >= 11 is 4.42. The van der Waals surface area contributed by atoms with Gasteiger partial charge in [0.1, 0.15) is 4.75 Å². The van der Waals surface area contributed by atoms with E-state index in [1.165, 1.54) is 0 Å². The molecule has 0 aliphatic heterocycles. The molecule has 1 amide bonds. The highest BCUT2D eigenvalue weighted by Crippen LogP contribution is 2.25. The minimum absolute atomic E-state index is 0.0979. The third-order valence-electron chi connectivity index (χ3n) is 2.23. The molecule has 0 aliphatic carbocycles. The second-order valence-corrected chi connectivity index (χ2v) is 6.58. The maximum atomic E-state index is 11.7. The average molecular weight is 332 g/mol. The van der Waals surface area contributed by atoms with Gasteiger partial charge in [0.15, 0.2) is 0 Å². The lowest BCUT2D eigenvalue weighted by molar-refractivity contribution is -0.138. The molecule has 0 aliphatic rings. The topological polar surface area (TPSA) is 66.4 Å². The molecular weight excluding hydrogens is 318 g/mol. The fourth-order valence-corrected chi connectivity index (χ4v) is 2.13. The summed E-state index contributed by atoms with van der Waals surface area (Å²) in [6.07, 6.45) is 0. The molecule has 1 aromatic rings. The quantitative estimate of drug-likeness (QED) is 0.870. The zero-order valence-corrected chi connectivity index (χ0v) is 12.5. The van der Waals surface area contributed by atoms with E-state index >= 15 is 0 Å². The van der Waals surface area contributed by atoms with E-state index in [1.54, 1.807) is 19.9 Å². The molecule has 0 saturated heterocycles. The van der Waals surface area contributed by atoms with Crippen molar-refractivity contribution < 1.29 is 14.7 Å². The van der Waals surface area contributed by atoms with Crippen molar-refractivity contribution in [3.05, 3.63) is 28.7 Å². The molecule has 0 spiro atoms. The summed E-state index contributed by atoms with van der Waals surface area (Å²) in [5.74, 6) is -1.05. The van der Waals surface area contributed by atoms with Crippen LogP contribution < -0.4 is 5.32 Å². The van der Waals surface area contributed by atoms with Crippen LogP contribution in [-0.4, -0.2) is 27.5 Å². The molecule has 18 heavy (non-hydrogen) atoms. The number of hydrogen-bond acceptors (Lipinski definition) is 3. The predicted molar refractivity (Wildman–Crippen MR) is 76.9 cm³/mol. The van der Waals surface area contributed by atoms with Crippen molar-refractivity contribution in [2.75, 3.05) is 11.1 Å². The molecule has 1 rings (SSSR count). The summed E-state index contributed by atoms with van der Waals surface area (Å²) in [4.78, 5) is 22.6. The van der Waals surface area contributed by atoms with E-state index in [1.807, 2.05) is 18.2 Å². The number of carboxylic acids is 1. The fourth-order valence-electron chi connectivity index (χ4n) is 1.06. The Morgan fingerprint density at radius 3 is 2.56 bits per heavy atom. The number of carbonyl (C=O) groups excluding carboxylic acids is 1. The Morgan fingerprint density at radius 1 is 1.39 bits per heavy atom. The van der Waals surface area contributed by atoms with Crippen LogP contribution in [0.2, 0.25) is 0 Å². The molecule has 0 atom stereocenters. The van der Waals surface area contributed by atoms with Crippen molar-refractivity contribution in [3.8, 4) is 0 Å². The summed E-state index contributed by atoms with van der Waals surface area (Å²) in [6.45, 7) is 3.15. The third kappa shape index (κ3) is 4.34. The van der Waals surface area contributed by atoms with Gasteiger partial charge in [-0.1, -0.05) is 12.1 Å². The number of hydrogen-bond donors (Lipinski definition) is 2. The molecule has 2 N–H and O–H groups in total. The van der Waals surface area contributed by atoms with Gasteiger partial charge in [-0.2, -0.15) is 0 Å². The Bertz CT molecular complexity index is 462. The number of aliphatic carboxylic acids is 1. The summed E-state index contributed by atoms with van der Waals surface area (Å²) in [5, 5.41) is 11.7. The number of amides is 1. The number of thioether (sulfide) groups is 1. The van der Waals surface area contributed by atoms with Crippen molar-refractivity contribution in [1.29, 1.82) is 0 Å². The van der Waals surface area contributed by atoms with E-state index in [2.05, 4.69) is 21.2 Å². The van der Waals surface area contributed by atoms with Crippen LogP contribution in [0.15, 0.2) is 28.7 Å². The number of carboxylic acid groups (broad SMARTS) is 1. The number of nitrogens with one attached hydrogen (secondary N) is 1. The normalized spacial score (nSPS) is 11.1. The Morgan fingerprint density at radius 2 is 2.00 bits per heavy atom. The molecule has 4 nitrogen and oxygen atoms in total. The zero-order chi connectivity index (χ0) is 13.8. The highest BCUT2D eigenvalue weighted by atomic mass is 79.9. The van der Waals surface area contributed by atoms with Gasteiger partial charge in [0.05, 0.1) is 11.4 Å². The number of halogens is 1. The molecule has 0 radical (unpaired) electrons. The minimum atomic E-state index is -0.967. The summed E-state index contributed by atoms with van der Waals surface area (Å²) in [7, 11) is 0. The van der Waals surface area contributed by atoms with Crippen LogP contribution in [0.4, 0.5) is 5.69 Å². The lowest BCUT2D eigenvalue weighted by atomic mass is 10.2. The van der Waals surface area contributed by atoms with Gasteiger partial charge < -0.3 is 10.4 Å². The lowest BCUT2D eigenvalue weighted by Gasteiger charge is -2.18. The molecule has 0 fully saturated rings. The Hall–Kier alpha value is -1.01. The van der Waals surface area contributed by atoms with Crippen molar-refractivity contribution in [2.45, 2.75) is 18.6 Å². The first kappa shape index (κ1) is 15.0. The van der Waals surface area contributed by atoms with Crippen molar-refractivity contribution in [3.63, 3.8) is 0 Å². The number of para-hydroxylation sites is 1. The Balaban J connectivity index is 2.54. The fraction of sp³-hybridized carbons (Fsp3) is 0.333. The minimum Gasteiger partial charge on any atom is -0.480 e. The van der Waals surface area contributed by atoms with E-state index < -0.39 is 10.7 Å². The molecule has 0 saturated carbocycles. The molecule has 6 heteroatoms. The van der Waals surface area contributed by atoms with Gasteiger partial charge in [0.2, 0.25) is 5.91 Å². The second-order valence-electron chi connectivity index (χ2n) is 4.13. The first-order valence-electron chi connectivity index (χ1n) is 5.24. The van der Waals surface area contributed by atoms with Crippen LogP contribution in [0.5, 0.6) is 0 Å². The van der Waals surface area contributed by atoms with Crippen LogP contribution in [-0.2, 0) is 9.59 Å². The number of rotatable bonds is 5. The van der Waals surface area contributed by atoms with Gasteiger partial charge in [-0.15, -0.1) is 11.8 Å². The molecule has 0 heterocycles. The van der Waals surface area contributed by atoms with Crippen LogP contribution in [0.25, 0.3) is 0 Å². The SMILES string of the molecule is CC(C)(SCC(=O)Nc1ccccc1Br)C(=O)O. The molecule has 98 valence electrons. The third-order valence-corrected chi connectivity index (χ3v) is 4.22. The van der Waals surface area contributed by atoms with Gasteiger partial charge in [0, 0.05) is 4.47 Å². The van der Waals surface area contributed by atoms with Crippen molar-refractivity contribution >= 4 is 45.3 Å². The van der Waals surface area contributed by atoms with Crippen molar-refractivity contribution in [2.24, 2.45) is 0 Å². The highest BCUT2D eigenvalue weighted by molar-refractivity contribution is 9.10. The first-order chi connectivity index (χ1) is 8.33.